The summed E-state index contributed by atoms with van der Waals surface area (Å²) in [7, 11) is -8.64. The number of nitrogens with zero attached hydrogens (tertiary/aromatic N) is 2. The van der Waals surface area contributed by atoms with Crippen molar-refractivity contribution in [3.8, 4) is 16.9 Å². The molecule has 14 heteroatoms. The number of hydrogen-bond donors (Lipinski definition) is 1. The fourth-order valence-electron chi connectivity index (χ4n) is 4.38. The monoisotopic (exact) mass is 629 g/mol. The van der Waals surface area contributed by atoms with E-state index in [1.54, 1.807) is 29.2 Å². The molecular formula is C26H23ClN2NaO7S3+. The maximum absolute atomic E-state index is 11.5. The summed E-state index contributed by atoms with van der Waals surface area (Å²) in [6.45, 7) is 0.141. The summed E-state index contributed by atoms with van der Waals surface area (Å²) >= 11 is 7.64. The Balaban J connectivity index is 0.00000370. The predicted molar refractivity (Wildman–Crippen MR) is 150 cm³/mol. The number of fused-ring (bicyclic) bond motifs is 2. The van der Waals surface area contributed by atoms with Crippen LogP contribution in [0.1, 0.15) is 11.4 Å². The number of rotatable bonds is 9. The molecule has 0 atom stereocenters. The fraction of sp³-hybridized carbons (Fsp3) is 0.192. The van der Waals surface area contributed by atoms with Crippen LogP contribution in [-0.2, 0) is 26.8 Å². The van der Waals surface area contributed by atoms with Gasteiger partial charge in [0, 0.05) is 24.1 Å². The van der Waals surface area contributed by atoms with E-state index in [4.69, 9.17) is 16.3 Å². The van der Waals surface area contributed by atoms with E-state index >= 15 is 0 Å². The van der Waals surface area contributed by atoms with Crippen LogP contribution in [0.5, 0.6) is 5.75 Å². The molecule has 2 heterocycles. The molecule has 0 fully saturated rings. The predicted octanol–water partition coefficient (Wildman–Crippen LogP) is 1.53. The third-order valence-corrected chi connectivity index (χ3v) is 8.96. The third-order valence-electron chi connectivity index (χ3n) is 6.13. The van der Waals surface area contributed by atoms with E-state index in [1.807, 2.05) is 53.1 Å². The van der Waals surface area contributed by atoms with Crippen molar-refractivity contribution in [1.29, 1.82) is 0 Å². The van der Waals surface area contributed by atoms with E-state index in [0.717, 1.165) is 21.3 Å². The molecule has 0 bridgehead atoms. The zero-order chi connectivity index (χ0) is 27.8. The largest absolute Gasteiger partial charge is 1.00 e. The van der Waals surface area contributed by atoms with Crippen molar-refractivity contribution < 1.29 is 64.8 Å². The van der Waals surface area contributed by atoms with Gasteiger partial charge in [-0.2, -0.15) is 13.0 Å². The summed E-state index contributed by atoms with van der Waals surface area (Å²) < 4.78 is 75.3. The fourth-order valence-corrected chi connectivity index (χ4v) is 6.54. The van der Waals surface area contributed by atoms with Gasteiger partial charge in [0.05, 0.1) is 33.4 Å². The van der Waals surface area contributed by atoms with Crippen LogP contribution in [0.25, 0.3) is 27.4 Å². The average molecular weight is 630 g/mol. The summed E-state index contributed by atoms with van der Waals surface area (Å²) in [4.78, 5) is 1.65. The number of benzene rings is 3. The molecule has 9 nitrogen and oxygen atoms in total. The number of hydrogen-bond acceptors (Lipinski definition) is 8. The summed E-state index contributed by atoms with van der Waals surface area (Å²) in [6.07, 6.45) is 1.88. The molecule has 1 aliphatic rings. The molecule has 0 unspecified atom stereocenters. The Hall–Kier alpha value is -2.00. The number of ether oxygens (including phenoxy) is 1. The van der Waals surface area contributed by atoms with Crippen LogP contribution in [0.15, 0.2) is 72.6 Å². The Morgan fingerprint density at radius 3 is 2.45 bits per heavy atom. The Kier molecular flexibility index (Phi) is 9.65. The first-order valence-corrected chi connectivity index (χ1v) is 16.2. The van der Waals surface area contributed by atoms with Gasteiger partial charge in [-0.15, -0.1) is 0 Å². The second-order valence-corrected chi connectivity index (χ2v) is 13.5. The molecule has 3 aromatic carbocycles. The summed E-state index contributed by atoms with van der Waals surface area (Å²) in [5, 5.41) is 1.19. The first-order valence-electron chi connectivity index (χ1n) is 11.8. The SMILES string of the molecule is O=S(=O)([O-])CCN1C(=Cc2sc3ccc(Cl)cc3[n+]2CCCS(=O)(=O)O)Oc2ccc(-c3ccccc3)cc21.[Na+]. The maximum Gasteiger partial charge on any atom is 1.00 e. The van der Waals surface area contributed by atoms with E-state index in [9.17, 15) is 25.9 Å². The smallest absolute Gasteiger partial charge is 0.748 e. The minimum absolute atomic E-state index is 0. The van der Waals surface area contributed by atoms with Gasteiger partial charge in [-0.05, 0) is 35.4 Å². The Morgan fingerprint density at radius 1 is 1.00 bits per heavy atom. The van der Waals surface area contributed by atoms with E-state index in [1.165, 1.54) is 11.3 Å². The Bertz CT molecular complexity index is 1790. The van der Waals surface area contributed by atoms with Crippen LogP contribution in [0.3, 0.4) is 0 Å². The molecule has 4 aromatic rings. The van der Waals surface area contributed by atoms with Crippen LogP contribution in [0, 0.1) is 0 Å². The van der Waals surface area contributed by atoms with Gasteiger partial charge in [0.15, 0.2) is 12.3 Å². The van der Waals surface area contributed by atoms with Gasteiger partial charge in [0.1, 0.15) is 4.70 Å². The van der Waals surface area contributed by atoms with Gasteiger partial charge in [0.25, 0.3) is 15.1 Å². The second kappa shape index (κ2) is 12.5. The maximum atomic E-state index is 11.5. The zero-order valence-electron chi connectivity index (χ0n) is 21.4. The molecule has 40 heavy (non-hydrogen) atoms. The van der Waals surface area contributed by atoms with Crippen molar-refractivity contribution in [3.63, 3.8) is 0 Å². The number of halogens is 1. The van der Waals surface area contributed by atoms with Gasteiger partial charge >= 0.3 is 29.6 Å². The first-order chi connectivity index (χ1) is 18.5. The van der Waals surface area contributed by atoms with E-state index in [0.29, 0.717) is 27.4 Å². The summed E-state index contributed by atoms with van der Waals surface area (Å²) in [5.74, 6) is -0.212. The molecule has 0 aliphatic carbocycles. The molecule has 0 saturated carbocycles. The summed E-state index contributed by atoms with van der Waals surface area (Å²) in [5.41, 5.74) is 3.25. The van der Waals surface area contributed by atoms with Crippen LogP contribution in [0.4, 0.5) is 5.69 Å². The number of anilines is 1. The Morgan fingerprint density at radius 2 is 1.75 bits per heavy atom. The number of aromatic nitrogens is 1. The van der Waals surface area contributed by atoms with Crippen LogP contribution in [-0.4, -0.2) is 44.0 Å². The molecule has 1 aromatic heterocycles. The molecule has 0 spiro atoms. The van der Waals surface area contributed by atoms with Gasteiger partial charge in [-0.1, -0.05) is 59.3 Å². The van der Waals surface area contributed by atoms with Gasteiger partial charge < -0.3 is 14.2 Å². The third kappa shape index (κ3) is 7.44. The molecule has 204 valence electrons. The van der Waals surface area contributed by atoms with E-state index < -0.39 is 31.7 Å². The molecule has 5 rings (SSSR count). The molecule has 0 amide bonds. The van der Waals surface area contributed by atoms with Gasteiger partial charge in [0.2, 0.25) is 11.4 Å². The molecular weight excluding hydrogens is 607 g/mol. The van der Waals surface area contributed by atoms with Crippen molar-refractivity contribution in [2.24, 2.45) is 0 Å². The van der Waals surface area contributed by atoms with Gasteiger partial charge in [-0.25, -0.2) is 8.42 Å². The van der Waals surface area contributed by atoms with Gasteiger partial charge in [-0.3, -0.25) is 4.55 Å². The minimum Gasteiger partial charge on any atom is -0.748 e. The average Bonchev–Trinajstić information content (AvgIpc) is 3.38. The number of thiazole rings is 1. The first kappa shape index (κ1) is 30.9. The van der Waals surface area contributed by atoms with Crippen LogP contribution >= 0.6 is 22.9 Å². The van der Waals surface area contributed by atoms with Crippen molar-refractivity contribution in [2.45, 2.75) is 13.0 Å². The van der Waals surface area contributed by atoms with Crippen molar-refractivity contribution in [2.75, 3.05) is 23.0 Å². The normalized spacial score (nSPS) is 14.3. The summed E-state index contributed by atoms with van der Waals surface area (Å²) in [6, 6.07) is 20.6. The topological polar surface area (TPSA) is 128 Å². The molecule has 1 N–H and O–H groups in total. The minimum atomic E-state index is -4.50. The van der Waals surface area contributed by atoms with Crippen LogP contribution < -0.4 is 43.8 Å². The van der Waals surface area contributed by atoms with Crippen LogP contribution in [0.2, 0.25) is 5.02 Å². The van der Waals surface area contributed by atoms with E-state index in [-0.39, 0.29) is 49.1 Å². The second-order valence-electron chi connectivity index (χ2n) is 8.89. The number of aryl methyl sites for hydroxylation is 1. The van der Waals surface area contributed by atoms with Crippen molar-refractivity contribution in [1.82, 2.24) is 0 Å². The standard InChI is InChI=1S/C26H23ClN2O7S3.Na/c27-20-8-10-24-22(16-20)29(11-4-13-38(30,31)32)26(37-24)17-25-28(12-14-39(33,34)35)21-15-19(7-9-23(21)36-25)18-5-2-1-3-6-18;/h1-3,5-10,15-17H,4,11-14H2,(H-,30,31,32,33,34,35);/q;+1. The quantitative estimate of drug-likeness (QED) is 0.168. The van der Waals surface area contributed by atoms with E-state index in [2.05, 4.69) is 0 Å². The van der Waals surface area contributed by atoms with Crippen molar-refractivity contribution in [3.05, 3.63) is 82.6 Å². The zero-order valence-corrected chi connectivity index (χ0v) is 26.6. The molecule has 0 radical (unpaired) electrons. The Labute approximate surface area is 263 Å². The van der Waals surface area contributed by atoms with Crippen molar-refractivity contribution >= 4 is 65.2 Å². The molecule has 0 saturated heterocycles. The molecule has 1 aliphatic heterocycles.